The predicted octanol–water partition coefficient (Wildman–Crippen LogP) is 3.34. The fourth-order valence-electron chi connectivity index (χ4n) is 2.16. The quantitative estimate of drug-likeness (QED) is 0.806. The lowest BCUT2D eigenvalue weighted by Crippen LogP contribution is -2.34. The highest BCUT2D eigenvalue weighted by Gasteiger charge is 2.13. The highest BCUT2D eigenvalue weighted by atomic mass is 19.1. The topological polar surface area (TPSA) is 29.3 Å². The Bertz CT molecular complexity index is 354. The first kappa shape index (κ1) is 15.1. The van der Waals surface area contributed by atoms with Crippen LogP contribution in [0, 0.1) is 5.82 Å². The molecule has 0 aliphatic rings. The van der Waals surface area contributed by atoms with Crippen LogP contribution in [0.15, 0.2) is 24.3 Å². The molecule has 0 bridgehead atoms. The van der Waals surface area contributed by atoms with Crippen LogP contribution in [-0.4, -0.2) is 24.0 Å². The number of hydrogen-bond acceptors (Lipinski definition) is 2. The third kappa shape index (κ3) is 4.39. The van der Waals surface area contributed by atoms with Gasteiger partial charge in [0, 0.05) is 18.6 Å². The predicted molar refractivity (Wildman–Crippen MR) is 74.9 cm³/mol. The third-order valence-electron chi connectivity index (χ3n) is 3.62. The van der Waals surface area contributed by atoms with Gasteiger partial charge in [0.05, 0.1) is 0 Å². The summed E-state index contributed by atoms with van der Waals surface area (Å²) in [4.78, 5) is 2.42. The van der Waals surface area contributed by atoms with E-state index in [-0.39, 0.29) is 11.9 Å². The molecule has 0 aromatic heterocycles. The molecule has 0 aliphatic heterocycles. The number of benzene rings is 1. The fraction of sp³-hybridized carbons (Fsp3) is 0.600. The Morgan fingerprint density at radius 1 is 1.33 bits per heavy atom. The zero-order chi connectivity index (χ0) is 13.5. The number of nitrogens with zero attached hydrogens (tertiary/aromatic N) is 1. The summed E-state index contributed by atoms with van der Waals surface area (Å²) in [7, 11) is 0. The molecule has 0 saturated heterocycles. The summed E-state index contributed by atoms with van der Waals surface area (Å²) in [6.07, 6.45) is 2.00. The van der Waals surface area contributed by atoms with Crippen molar-refractivity contribution in [3.63, 3.8) is 0 Å². The molecular formula is C15H25FN2. The van der Waals surface area contributed by atoms with Crippen molar-refractivity contribution in [1.29, 1.82) is 0 Å². The van der Waals surface area contributed by atoms with Crippen LogP contribution >= 0.6 is 0 Å². The second-order valence-electron chi connectivity index (χ2n) is 4.84. The van der Waals surface area contributed by atoms with E-state index in [0.717, 1.165) is 31.5 Å². The Kier molecular flexibility index (Phi) is 6.30. The second-order valence-corrected chi connectivity index (χ2v) is 4.84. The Morgan fingerprint density at radius 3 is 2.61 bits per heavy atom. The van der Waals surface area contributed by atoms with Gasteiger partial charge in [-0.25, -0.2) is 4.39 Å². The van der Waals surface area contributed by atoms with Crippen LogP contribution in [0.4, 0.5) is 4.39 Å². The Hall–Kier alpha value is -0.930. The average Bonchev–Trinajstić information content (AvgIpc) is 2.38. The number of hydrogen-bond donors (Lipinski definition) is 1. The Balaban J connectivity index is 2.52. The summed E-state index contributed by atoms with van der Waals surface area (Å²) < 4.78 is 13.1. The zero-order valence-corrected chi connectivity index (χ0v) is 11.7. The minimum absolute atomic E-state index is 0.0844. The van der Waals surface area contributed by atoms with E-state index in [9.17, 15) is 4.39 Å². The molecule has 0 amide bonds. The van der Waals surface area contributed by atoms with Crippen LogP contribution < -0.4 is 5.73 Å². The molecule has 2 nitrogen and oxygen atoms in total. The van der Waals surface area contributed by atoms with Crippen molar-refractivity contribution in [3.8, 4) is 0 Å². The van der Waals surface area contributed by atoms with E-state index in [0.29, 0.717) is 6.04 Å². The lowest BCUT2D eigenvalue weighted by atomic mass is 10.0. The van der Waals surface area contributed by atoms with Gasteiger partial charge in [-0.15, -0.1) is 0 Å². The van der Waals surface area contributed by atoms with Crippen molar-refractivity contribution in [1.82, 2.24) is 4.90 Å². The van der Waals surface area contributed by atoms with E-state index in [1.54, 1.807) is 6.07 Å². The summed E-state index contributed by atoms with van der Waals surface area (Å²) >= 11 is 0. The van der Waals surface area contributed by atoms with Gasteiger partial charge < -0.3 is 10.6 Å². The number of nitrogens with two attached hydrogens (primary N) is 1. The number of rotatable bonds is 7. The van der Waals surface area contributed by atoms with Gasteiger partial charge in [-0.2, -0.15) is 0 Å². The normalized spacial score (nSPS) is 14.8. The molecule has 1 rings (SSSR count). The first-order valence-corrected chi connectivity index (χ1v) is 6.83. The molecule has 0 heterocycles. The van der Waals surface area contributed by atoms with Gasteiger partial charge in [0.2, 0.25) is 0 Å². The van der Waals surface area contributed by atoms with Crippen LogP contribution in [0.5, 0.6) is 0 Å². The highest BCUT2D eigenvalue weighted by molar-refractivity contribution is 5.19. The van der Waals surface area contributed by atoms with Gasteiger partial charge in [0.25, 0.3) is 0 Å². The number of halogens is 1. The largest absolute Gasteiger partial charge is 0.324 e. The van der Waals surface area contributed by atoms with E-state index < -0.39 is 0 Å². The van der Waals surface area contributed by atoms with Crippen molar-refractivity contribution in [2.45, 2.75) is 45.7 Å². The van der Waals surface area contributed by atoms with Crippen LogP contribution in [0.25, 0.3) is 0 Å². The Morgan fingerprint density at radius 2 is 2.06 bits per heavy atom. The molecule has 2 atom stereocenters. The SMILES string of the molecule is CCC(C)N(CC)CCC(N)c1cccc(F)c1. The lowest BCUT2D eigenvalue weighted by molar-refractivity contribution is 0.207. The maximum Gasteiger partial charge on any atom is 0.123 e. The molecule has 0 fully saturated rings. The first-order valence-electron chi connectivity index (χ1n) is 6.83. The van der Waals surface area contributed by atoms with Crippen LogP contribution in [0.1, 0.15) is 45.2 Å². The first-order chi connectivity index (χ1) is 8.58. The minimum atomic E-state index is -0.211. The molecule has 1 aromatic carbocycles. The summed E-state index contributed by atoms with van der Waals surface area (Å²) in [5.74, 6) is -0.211. The van der Waals surface area contributed by atoms with Crippen molar-refractivity contribution in [3.05, 3.63) is 35.6 Å². The van der Waals surface area contributed by atoms with Gasteiger partial charge in [0.1, 0.15) is 5.82 Å². The molecule has 102 valence electrons. The average molecular weight is 252 g/mol. The maximum atomic E-state index is 13.1. The summed E-state index contributed by atoms with van der Waals surface area (Å²) in [5, 5.41) is 0. The monoisotopic (exact) mass is 252 g/mol. The molecule has 0 saturated carbocycles. The van der Waals surface area contributed by atoms with Crippen LogP contribution in [0.3, 0.4) is 0 Å². The van der Waals surface area contributed by atoms with Crippen molar-refractivity contribution in [2.75, 3.05) is 13.1 Å². The van der Waals surface area contributed by atoms with Gasteiger partial charge in [-0.05, 0) is 44.0 Å². The summed E-state index contributed by atoms with van der Waals surface area (Å²) in [6.45, 7) is 8.59. The highest BCUT2D eigenvalue weighted by Crippen LogP contribution is 2.16. The molecule has 18 heavy (non-hydrogen) atoms. The maximum absolute atomic E-state index is 13.1. The van der Waals surface area contributed by atoms with Crippen LogP contribution in [-0.2, 0) is 0 Å². The minimum Gasteiger partial charge on any atom is -0.324 e. The van der Waals surface area contributed by atoms with Crippen molar-refractivity contribution >= 4 is 0 Å². The van der Waals surface area contributed by atoms with E-state index in [1.807, 2.05) is 6.07 Å². The lowest BCUT2D eigenvalue weighted by Gasteiger charge is -2.28. The van der Waals surface area contributed by atoms with E-state index in [1.165, 1.54) is 12.1 Å². The molecule has 2 N–H and O–H groups in total. The molecular weight excluding hydrogens is 227 g/mol. The third-order valence-corrected chi connectivity index (χ3v) is 3.62. The molecule has 1 aromatic rings. The molecule has 0 spiro atoms. The summed E-state index contributed by atoms with van der Waals surface area (Å²) in [5.41, 5.74) is 7.00. The fourth-order valence-corrected chi connectivity index (χ4v) is 2.16. The van der Waals surface area contributed by atoms with Crippen molar-refractivity contribution < 1.29 is 4.39 Å². The van der Waals surface area contributed by atoms with Gasteiger partial charge >= 0.3 is 0 Å². The molecule has 3 heteroatoms. The molecule has 0 radical (unpaired) electrons. The zero-order valence-electron chi connectivity index (χ0n) is 11.7. The smallest absolute Gasteiger partial charge is 0.123 e. The Labute approximate surface area is 110 Å². The van der Waals surface area contributed by atoms with Gasteiger partial charge in [-0.1, -0.05) is 26.0 Å². The van der Waals surface area contributed by atoms with E-state index in [4.69, 9.17) is 5.73 Å². The van der Waals surface area contributed by atoms with E-state index >= 15 is 0 Å². The van der Waals surface area contributed by atoms with Gasteiger partial charge in [-0.3, -0.25) is 0 Å². The van der Waals surface area contributed by atoms with Crippen LogP contribution in [0.2, 0.25) is 0 Å². The summed E-state index contributed by atoms with van der Waals surface area (Å²) in [6, 6.07) is 7.09. The van der Waals surface area contributed by atoms with E-state index in [2.05, 4.69) is 25.7 Å². The molecule has 2 unspecified atom stereocenters. The molecule has 0 aliphatic carbocycles. The second kappa shape index (κ2) is 7.49. The van der Waals surface area contributed by atoms with Gasteiger partial charge in [0.15, 0.2) is 0 Å². The standard InChI is InChI=1S/C15H25FN2/c1-4-12(3)18(5-2)10-9-15(17)13-7-6-8-14(16)11-13/h6-8,11-12,15H,4-5,9-10,17H2,1-3H3. The van der Waals surface area contributed by atoms with Crippen molar-refractivity contribution in [2.24, 2.45) is 5.73 Å².